The standard InChI is InChI=1S/C37H60O10/c1-19-11-14-37(31(43)47-30-27(41)26(40)25(39)22(46-30)18-45-8)16-15-34(5)20(28(37)36(19,7)44)9-10-24-33(4)17-21(38)29(42)32(2,3)23(33)12-13-35(24,34)6/h9,19,21-30,38-42,44H,10-18H2,1-8H3. The Morgan fingerprint density at radius 3 is 2.26 bits per heavy atom. The van der Waals surface area contributed by atoms with Crippen LogP contribution in [0.15, 0.2) is 11.6 Å². The molecule has 16 unspecified atom stereocenters. The first-order chi connectivity index (χ1) is 21.7. The van der Waals surface area contributed by atoms with Crippen molar-refractivity contribution in [2.24, 2.45) is 50.7 Å². The Morgan fingerprint density at radius 1 is 0.915 bits per heavy atom. The second-order valence-corrected chi connectivity index (χ2v) is 18.0. The normalized spacial score (nSPS) is 55.4. The number of aliphatic hydroxyl groups excluding tert-OH is 5. The second kappa shape index (κ2) is 11.5. The summed E-state index contributed by atoms with van der Waals surface area (Å²) in [6.45, 7) is 15.1. The summed E-state index contributed by atoms with van der Waals surface area (Å²) >= 11 is 0. The summed E-state index contributed by atoms with van der Waals surface area (Å²) in [5.74, 6) is -0.681. The van der Waals surface area contributed by atoms with Gasteiger partial charge in [0.15, 0.2) is 0 Å². The van der Waals surface area contributed by atoms with Crippen molar-refractivity contribution < 1.29 is 49.6 Å². The Kier molecular flexibility index (Phi) is 8.70. The number of esters is 1. The zero-order chi connectivity index (χ0) is 34.7. The van der Waals surface area contributed by atoms with Gasteiger partial charge in [0, 0.05) is 13.0 Å². The molecule has 6 aliphatic rings. The van der Waals surface area contributed by atoms with Crippen LogP contribution in [0.1, 0.15) is 99.8 Å². The first kappa shape index (κ1) is 35.7. The largest absolute Gasteiger partial charge is 0.432 e. The lowest BCUT2D eigenvalue weighted by Gasteiger charge is -2.72. The lowest BCUT2D eigenvalue weighted by atomic mass is 9.33. The number of carbonyl (C=O) groups is 1. The summed E-state index contributed by atoms with van der Waals surface area (Å²) in [5.41, 5.74) is -2.33. The van der Waals surface area contributed by atoms with Crippen molar-refractivity contribution in [3.63, 3.8) is 0 Å². The van der Waals surface area contributed by atoms with Crippen molar-refractivity contribution in [2.75, 3.05) is 13.7 Å². The van der Waals surface area contributed by atoms with E-state index in [1.165, 1.54) is 7.11 Å². The first-order valence-corrected chi connectivity index (χ1v) is 17.9. The van der Waals surface area contributed by atoms with E-state index < -0.39 is 71.2 Å². The van der Waals surface area contributed by atoms with Crippen LogP contribution in [0.25, 0.3) is 0 Å². The molecule has 1 heterocycles. The molecule has 5 aliphatic carbocycles. The third-order valence-corrected chi connectivity index (χ3v) is 15.6. The van der Waals surface area contributed by atoms with Gasteiger partial charge in [0.1, 0.15) is 24.4 Å². The second-order valence-electron chi connectivity index (χ2n) is 18.0. The van der Waals surface area contributed by atoms with Gasteiger partial charge in [0.2, 0.25) is 6.29 Å². The Hall–Kier alpha value is -1.11. The lowest BCUT2D eigenvalue weighted by molar-refractivity contribution is -0.300. The molecule has 16 atom stereocenters. The molecular formula is C37H60O10. The van der Waals surface area contributed by atoms with E-state index in [-0.39, 0.29) is 40.6 Å². The summed E-state index contributed by atoms with van der Waals surface area (Å²) in [6, 6.07) is 0. The summed E-state index contributed by atoms with van der Waals surface area (Å²) < 4.78 is 16.9. The van der Waals surface area contributed by atoms with E-state index >= 15 is 0 Å². The van der Waals surface area contributed by atoms with Crippen LogP contribution in [0.3, 0.4) is 0 Å². The fourth-order valence-corrected chi connectivity index (χ4v) is 12.5. The molecule has 0 aromatic carbocycles. The Labute approximate surface area is 279 Å². The predicted octanol–water partition coefficient (Wildman–Crippen LogP) is 3.09. The monoisotopic (exact) mass is 664 g/mol. The van der Waals surface area contributed by atoms with Gasteiger partial charge < -0.3 is 44.8 Å². The minimum Gasteiger partial charge on any atom is -0.432 e. The minimum absolute atomic E-state index is 0.0586. The van der Waals surface area contributed by atoms with Crippen molar-refractivity contribution in [3.8, 4) is 0 Å². The summed E-state index contributed by atoms with van der Waals surface area (Å²) in [5, 5.41) is 66.4. The molecular weight excluding hydrogens is 604 g/mol. The highest BCUT2D eigenvalue weighted by Crippen LogP contribution is 2.76. The van der Waals surface area contributed by atoms with Gasteiger partial charge in [-0.3, -0.25) is 4.79 Å². The molecule has 0 aromatic rings. The van der Waals surface area contributed by atoms with Crippen molar-refractivity contribution in [1.29, 1.82) is 0 Å². The third-order valence-electron chi connectivity index (χ3n) is 15.6. The number of aliphatic hydroxyl groups is 6. The number of allylic oxidation sites excluding steroid dienone is 1. The molecule has 0 radical (unpaired) electrons. The maximum absolute atomic E-state index is 14.6. The van der Waals surface area contributed by atoms with Crippen molar-refractivity contribution in [1.82, 2.24) is 0 Å². The number of carbonyl (C=O) groups excluding carboxylic acids is 1. The zero-order valence-electron chi connectivity index (χ0n) is 29.6. The molecule has 1 aliphatic heterocycles. The Balaban J connectivity index is 1.38. The molecule has 6 N–H and O–H groups in total. The molecule has 0 amide bonds. The first-order valence-electron chi connectivity index (χ1n) is 17.9. The Bertz CT molecular complexity index is 1270. The van der Waals surface area contributed by atoms with Gasteiger partial charge in [-0.2, -0.15) is 0 Å². The van der Waals surface area contributed by atoms with E-state index in [4.69, 9.17) is 14.2 Å². The van der Waals surface area contributed by atoms with Gasteiger partial charge in [-0.1, -0.05) is 53.2 Å². The van der Waals surface area contributed by atoms with Gasteiger partial charge in [-0.15, -0.1) is 0 Å². The Morgan fingerprint density at radius 2 is 1.60 bits per heavy atom. The molecule has 10 nitrogen and oxygen atoms in total. The highest BCUT2D eigenvalue weighted by Gasteiger charge is 2.72. The van der Waals surface area contributed by atoms with E-state index in [9.17, 15) is 35.4 Å². The summed E-state index contributed by atoms with van der Waals surface area (Å²) in [7, 11) is 1.43. The quantitative estimate of drug-likeness (QED) is 0.194. The molecule has 0 bridgehead atoms. The number of hydrogen-bond acceptors (Lipinski definition) is 10. The van der Waals surface area contributed by atoms with Crippen molar-refractivity contribution >= 4 is 5.97 Å². The van der Waals surface area contributed by atoms with E-state index in [2.05, 4.69) is 40.7 Å². The van der Waals surface area contributed by atoms with E-state index in [1.54, 1.807) is 0 Å². The number of fused-ring (bicyclic) bond motifs is 7. The van der Waals surface area contributed by atoms with Crippen LogP contribution in [-0.2, 0) is 19.0 Å². The smallest absolute Gasteiger partial charge is 0.315 e. The van der Waals surface area contributed by atoms with Gasteiger partial charge >= 0.3 is 5.97 Å². The number of methoxy groups -OCH3 is 1. The molecule has 0 spiro atoms. The molecule has 268 valence electrons. The lowest BCUT2D eigenvalue weighted by Crippen LogP contribution is -2.69. The fourth-order valence-electron chi connectivity index (χ4n) is 12.5. The fraction of sp³-hybridized carbons (Fsp3) is 0.919. The summed E-state index contributed by atoms with van der Waals surface area (Å²) in [6.07, 6.45) is -0.886. The number of rotatable bonds is 4. The van der Waals surface area contributed by atoms with Crippen LogP contribution in [0.2, 0.25) is 0 Å². The van der Waals surface area contributed by atoms with E-state index in [0.717, 1.165) is 24.8 Å². The molecule has 10 heteroatoms. The van der Waals surface area contributed by atoms with Crippen LogP contribution in [-0.4, -0.2) is 98.8 Å². The number of hydrogen-bond donors (Lipinski definition) is 6. The summed E-state index contributed by atoms with van der Waals surface area (Å²) in [4.78, 5) is 14.6. The van der Waals surface area contributed by atoms with Crippen LogP contribution in [0.5, 0.6) is 0 Å². The minimum atomic E-state index is -1.65. The van der Waals surface area contributed by atoms with Crippen molar-refractivity contribution in [2.45, 2.75) is 148 Å². The van der Waals surface area contributed by atoms with Crippen LogP contribution >= 0.6 is 0 Å². The molecule has 6 rings (SSSR count). The van der Waals surface area contributed by atoms with Crippen LogP contribution in [0.4, 0.5) is 0 Å². The molecule has 47 heavy (non-hydrogen) atoms. The molecule has 1 saturated heterocycles. The van der Waals surface area contributed by atoms with Gasteiger partial charge in [0.05, 0.1) is 29.8 Å². The average Bonchev–Trinajstić information content (AvgIpc) is 2.99. The maximum Gasteiger partial charge on any atom is 0.315 e. The highest BCUT2D eigenvalue weighted by molar-refractivity contribution is 5.79. The van der Waals surface area contributed by atoms with Gasteiger partial charge in [0.25, 0.3) is 0 Å². The van der Waals surface area contributed by atoms with Crippen molar-refractivity contribution in [3.05, 3.63) is 11.6 Å². The average molecular weight is 665 g/mol. The molecule has 0 aromatic heterocycles. The van der Waals surface area contributed by atoms with Crippen LogP contribution < -0.4 is 0 Å². The third kappa shape index (κ3) is 4.75. The molecule has 5 fully saturated rings. The van der Waals surface area contributed by atoms with Gasteiger partial charge in [-0.25, -0.2) is 0 Å². The molecule has 4 saturated carbocycles. The SMILES string of the molecule is COCC1OC(OC(=O)C23CCC(C)C(C)(O)C2C2=CCC4C5(C)CC(O)C(O)C(C)(C)C5CCC4(C)C2(C)CC3)C(O)C(O)C1O. The van der Waals surface area contributed by atoms with Gasteiger partial charge in [-0.05, 0) is 97.7 Å². The predicted molar refractivity (Wildman–Crippen MR) is 172 cm³/mol. The van der Waals surface area contributed by atoms with Crippen LogP contribution in [0, 0.1) is 50.7 Å². The van der Waals surface area contributed by atoms with E-state index in [0.29, 0.717) is 32.1 Å². The highest BCUT2D eigenvalue weighted by atomic mass is 16.7. The zero-order valence-corrected chi connectivity index (χ0v) is 29.6. The van der Waals surface area contributed by atoms with E-state index in [1.807, 2.05) is 13.8 Å². The topological polar surface area (TPSA) is 166 Å². The maximum atomic E-state index is 14.6. The number of ether oxygens (including phenoxy) is 3.